The van der Waals surface area contributed by atoms with Crippen LogP contribution in [0.4, 0.5) is 5.69 Å². The molecule has 3 N–H and O–H groups in total. The van der Waals surface area contributed by atoms with E-state index in [4.69, 9.17) is 5.73 Å². The molecule has 7 heteroatoms. The number of amides is 1. The molecule has 0 saturated heterocycles. The molecule has 0 aliphatic rings. The maximum Gasteiger partial charge on any atom is 0.269 e. The van der Waals surface area contributed by atoms with Gasteiger partial charge in [-0.15, -0.1) is 0 Å². The number of benzene rings is 1. The number of hydrogen-bond donors (Lipinski definition) is 2. The number of non-ortho nitro benzene ring substituents is 1. The minimum Gasteiger partial charge on any atom is -0.387 e. The highest BCUT2D eigenvalue weighted by atomic mass is 16.6. The van der Waals surface area contributed by atoms with Gasteiger partial charge in [0.05, 0.1) is 17.1 Å². The van der Waals surface area contributed by atoms with Crippen LogP contribution in [-0.4, -0.2) is 40.5 Å². The molecular formula is C12H17N3O4. The fraction of sp³-hybridized carbons (Fsp3) is 0.417. The molecule has 0 bridgehead atoms. The second-order valence-electron chi connectivity index (χ2n) is 4.39. The lowest BCUT2D eigenvalue weighted by Crippen LogP contribution is -2.42. The quantitative estimate of drug-likeness (QED) is 0.574. The van der Waals surface area contributed by atoms with Crippen LogP contribution in [0.5, 0.6) is 0 Å². The lowest BCUT2D eigenvalue weighted by atomic mass is 10.1. The van der Waals surface area contributed by atoms with Crippen LogP contribution in [0.25, 0.3) is 0 Å². The first-order valence-corrected chi connectivity index (χ1v) is 5.75. The third-order valence-corrected chi connectivity index (χ3v) is 3.00. The van der Waals surface area contributed by atoms with Crippen molar-refractivity contribution in [3.63, 3.8) is 0 Å². The largest absolute Gasteiger partial charge is 0.387 e. The van der Waals surface area contributed by atoms with Crippen LogP contribution in [0.2, 0.25) is 0 Å². The van der Waals surface area contributed by atoms with Crippen LogP contribution in [0, 0.1) is 10.1 Å². The third-order valence-electron chi connectivity index (χ3n) is 3.00. The minimum absolute atomic E-state index is 0.0813. The molecule has 1 aromatic rings. The smallest absolute Gasteiger partial charge is 0.269 e. The molecule has 1 aromatic carbocycles. The van der Waals surface area contributed by atoms with E-state index < -0.39 is 23.0 Å². The molecule has 1 unspecified atom stereocenters. The summed E-state index contributed by atoms with van der Waals surface area (Å²) in [5, 5.41) is 20.7. The van der Waals surface area contributed by atoms with E-state index in [1.807, 2.05) is 0 Å². The molecule has 2 atom stereocenters. The Bertz CT molecular complexity index is 478. The summed E-state index contributed by atoms with van der Waals surface area (Å²) < 4.78 is 0. The van der Waals surface area contributed by atoms with Gasteiger partial charge in [0.1, 0.15) is 0 Å². The first kappa shape index (κ1) is 15.1. The molecule has 1 amide bonds. The summed E-state index contributed by atoms with van der Waals surface area (Å²) in [6.45, 7) is 1.79. The molecule has 0 saturated carbocycles. The highest BCUT2D eigenvalue weighted by molar-refractivity contribution is 5.79. The van der Waals surface area contributed by atoms with Crippen molar-refractivity contribution >= 4 is 11.6 Å². The minimum atomic E-state index is -0.924. The van der Waals surface area contributed by atoms with E-state index in [9.17, 15) is 20.0 Å². The third kappa shape index (κ3) is 4.01. The molecular weight excluding hydrogens is 250 g/mol. The van der Waals surface area contributed by atoms with Crippen LogP contribution < -0.4 is 5.73 Å². The lowest BCUT2D eigenvalue weighted by Gasteiger charge is -2.24. The lowest BCUT2D eigenvalue weighted by molar-refractivity contribution is -0.385. The SMILES string of the molecule is C[C@H](C(N)=O)N(C)CC(O)c1cccc([N+](=O)[O-])c1. The summed E-state index contributed by atoms with van der Waals surface area (Å²) in [6.07, 6.45) is -0.924. The van der Waals surface area contributed by atoms with Gasteiger partial charge < -0.3 is 10.8 Å². The number of carbonyl (C=O) groups is 1. The van der Waals surface area contributed by atoms with Gasteiger partial charge in [-0.25, -0.2) is 0 Å². The number of aliphatic hydroxyl groups is 1. The fourth-order valence-electron chi connectivity index (χ4n) is 1.60. The van der Waals surface area contributed by atoms with Gasteiger partial charge in [-0.1, -0.05) is 12.1 Å². The van der Waals surface area contributed by atoms with Crippen molar-refractivity contribution in [1.29, 1.82) is 0 Å². The molecule has 0 aliphatic heterocycles. The van der Waals surface area contributed by atoms with E-state index in [2.05, 4.69) is 0 Å². The summed E-state index contributed by atoms with van der Waals surface area (Å²) >= 11 is 0. The summed E-state index contributed by atoms with van der Waals surface area (Å²) in [7, 11) is 1.65. The first-order valence-electron chi connectivity index (χ1n) is 5.75. The average molecular weight is 267 g/mol. The maximum atomic E-state index is 11.0. The Morgan fingerprint density at radius 1 is 1.58 bits per heavy atom. The molecule has 0 fully saturated rings. The second kappa shape index (κ2) is 6.26. The average Bonchev–Trinajstić information content (AvgIpc) is 2.37. The Kier molecular flexibility index (Phi) is 4.96. The fourth-order valence-corrected chi connectivity index (χ4v) is 1.60. The van der Waals surface area contributed by atoms with Crippen molar-refractivity contribution in [2.75, 3.05) is 13.6 Å². The topological polar surface area (TPSA) is 110 Å². The van der Waals surface area contributed by atoms with Gasteiger partial charge in [-0.2, -0.15) is 0 Å². The van der Waals surface area contributed by atoms with Crippen molar-refractivity contribution in [3.8, 4) is 0 Å². The van der Waals surface area contributed by atoms with Gasteiger partial charge in [-0.05, 0) is 19.5 Å². The predicted octanol–water partition coefficient (Wildman–Crippen LogP) is 0.434. The molecule has 0 radical (unpaired) electrons. The van der Waals surface area contributed by atoms with Crippen LogP contribution in [0.1, 0.15) is 18.6 Å². The van der Waals surface area contributed by atoms with Crippen molar-refractivity contribution in [3.05, 3.63) is 39.9 Å². The number of nitrogens with zero attached hydrogens (tertiary/aromatic N) is 2. The molecule has 0 heterocycles. The van der Waals surface area contributed by atoms with E-state index in [1.165, 1.54) is 18.2 Å². The standard InChI is InChI=1S/C12H17N3O4/c1-8(12(13)17)14(2)7-11(16)9-4-3-5-10(6-9)15(18)19/h3-6,8,11,16H,7H2,1-2H3,(H2,13,17)/t8-,11?/m1/s1. The van der Waals surface area contributed by atoms with E-state index in [-0.39, 0.29) is 12.2 Å². The molecule has 19 heavy (non-hydrogen) atoms. The summed E-state index contributed by atoms with van der Waals surface area (Å²) in [5.41, 5.74) is 5.51. The van der Waals surface area contributed by atoms with Crippen LogP contribution >= 0.6 is 0 Å². The second-order valence-corrected chi connectivity index (χ2v) is 4.39. The van der Waals surface area contributed by atoms with Crippen molar-refractivity contribution in [2.45, 2.75) is 19.1 Å². The predicted molar refractivity (Wildman–Crippen MR) is 69.3 cm³/mol. The first-order chi connectivity index (χ1) is 8.82. The van der Waals surface area contributed by atoms with Crippen LogP contribution in [0.15, 0.2) is 24.3 Å². The number of primary amides is 1. The number of rotatable bonds is 6. The molecule has 0 spiro atoms. The van der Waals surface area contributed by atoms with Gasteiger partial charge in [0.25, 0.3) is 5.69 Å². The Morgan fingerprint density at radius 2 is 2.21 bits per heavy atom. The molecule has 1 rings (SSSR count). The van der Waals surface area contributed by atoms with E-state index in [1.54, 1.807) is 24.9 Å². The number of hydrogen-bond acceptors (Lipinski definition) is 5. The van der Waals surface area contributed by atoms with E-state index in [0.717, 1.165) is 0 Å². The van der Waals surface area contributed by atoms with Gasteiger partial charge in [0, 0.05) is 18.7 Å². The zero-order valence-electron chi connectivity index (χ0n) is 10.8. The van der Waals surface area contributed by atoms with Crippen LogP contribution in [-0.2, 0) is 4.79 Å². The van der Waals surface area contributed by atoms with E-state index in [0.29, 0.717) is 5.56 Å². The summed E-state index contributed by atoms with van der Waals surface area (Å²) in [5.74, 6) is -0.492. The van der Waals surface area contributed by atoms with Gasteiger partial charge in [-0.3, -0.25) is 19.8 Å². The summed E-state index contributed by atoms with van der Waals surface area (Å²) in [6, 6.07) is 5.25. The number of carbonyl (C=O) groups excluding carboxylic acids is 1. The van der Waals surface area contributed by atoms with Crippen molar-refractivity contribution in [1.82, 2.24) is 4.90 Å². The Balaban J connectivity index is 2.78. The highest BCUT2D eigenvalue weighted by Gasteiger charge is 2.19. The van der Waals surface area contributed by atoms with Gasteiger partial charge in [0.2, 0.25) is 5.91 Å². The molecule has 104 valence electrons. The normalized spacial score (nSPS) is 14.1. The Labute approximate surface area is 110 Å². The van der Waals surface area contributed by atoms with Gasteiger partial charge in [0.15, 0.2) is 0 Å². The number of nitro benzene ring substituents is 1. The maximum absolute atomic E-state index is 11.0. The molecule has 0 aromatic heterocycles. The summed E-state index contributed by atoms with van der Waals surface area (Å²) in [4.78, 5) is 22.7. The van der Waals surface area contributed by atoms with Crippen molar-refractivity contribution in [2.24, 2.45) is 5.73 Å². The monoisotopic (exact) mass is 267 g/mol. The zero-order chi connectivity index (χ0) is 14.6. The number of nitrogens with two attached hydrogens (primary N) is 1. The molecule has 0 aliphatic carbocycles. The Morgan fingerprint density at radius 3 is 2.74 bits per heavy atom. The van der Waals surface area contributed by atoms with Crippen molar-refractivity contribution < 1.29 is 14.8 Å². The van der Waals surface area contributed by atoms with Gasteiger partial charge >= 0.3 is 0 Å². The zero-order valence-corrected chi connectivity index (χ0v) is 10.8. The Hall–Kier alpha value is -1.99. The number of likely N-dealkylation sites (N-methyl/N-ethyl adjacent to an activating group) is 1. The number of nitro groups is 1. The highest BCUT2D eigenvalue weighted by Crippen LogP contribution is 2.20. The number of aliphatic hydroxyl groups excluding tert-OH is 1. The molecule has 7 nitrogen and oxygen atoms in total. The van der Waals surface area contributed by atoms with E-state index >= 15 is 0 Å². The van der Waals surface area contributed by atoms with Crippen LogP contribution in [0.3, 0.4) is 0 Å².